The van der Waals surface area contributed by atoms with Crippen molar-refractivity contribution in [2.24, 2.45) is 5.16 Å². The summed E-state index contributed by atoms with van der Waals surface area (Å²) in [7, 11) is 0. The van der Waals surface area contributed by atoms with Crippen molar-refractivity contribution >= 4 is 45.8 Å². The molecule has 0 saturated carbocycles. The Morgan fingerprint density at radius 1 is 0.972 bits per heavy atom. The van der Waals surface area contributed by atoms with Crippen molar-refractivity contribution in [3.8, 4) is 11.1 Å². The summed E-state index contributed by atoms with van der Waals surface area (Å²) in [6.07, 6.45) is 2.07. The fourth-order valence-corrected chi connectivity index (χ4v) is 5.11. The molecule has 7 nitrogen and oxygen atoms in total. The van der Waals surface area contributed by atoms with Crippen molar-refractivity contribution < 1.29 is 9.63 Å². The van der Waals surface area contributed by atoms with Crippen molar-refractivity contribution in [2.45, 2.75) is 13.3 Å². The van der Waals surface area contributed by atoms with E-state index in [0.717, 1.165) is 71.0 Å². The first kappa shape index (κ1) is 22.5. The van der Waals surface area contributed by atoms with Crippen LogP contribution in [0, 0.1) is 0 Å². The fraction of sp³-hybridized carbons (Fsp3) is 0.214. The van der Waals surface area contributed by atoms with E-state index in [4.69, 9.17) is 21.4 Å². The molecule has 3 heterocycles. The third-order valence-corrected chi connectivity index (χ3v) is 6.93. The number of carbonyl (C=O) groups is 1. The molecule has 180 valence electrons. The van der Waals surface area contributed by atoms with E-state index in [1.54, 1.807) is 6.92 Å². The molecule has 2 aromatic heterocycles. The molecule has 1 fully saturated rings. The second kappa shape index (κ2) is 9.24. The highest BCUT2D eigenvalue weighted by molar-refractivity contribution is 6.33. The quantitative estimate of drug-likeness (QED) is 0.248. The van der Waals surface area contributed by atoms with E-state index in [2.05, 4.69) is 26.0 Å². The molecule has 0 unspecified atom stereocenters. The van der Waals surface area contributed by atoms with Crippen molar-refractivity contribution in [2.75, 3.05) is 36.0 Å². The first-order valence-corrected chi connectivity index (χ1v) is 12.4. The molecule has 2 aliphatic rings. The number of aromatic nitrogens is 2. The van der Waals surface area contributed by atoms with E-state index < -0.39 is 0 Å². The van der Waals surface area contributed by atoms with E-state index in [-0.39, 0.29) is 12.4 Å². The molecule has 1 saturated heterocycles. The van der Waals surface area contributed by atoms with E-state index in [9.17, 15) is 4.79 Å². The van der Waals surface area contributed by atoms with Crippen LogP contribution in [0.15, 0.2) is 72.0 Å². The zero-order valence-corrected chi connectivity index (χ0v) is 20.6. The van der Waals surface area contributed by atoms with Crippen LogP contribution >= 0.6 is 11.6 Å². The van der Waals surface area contributed by atoms with Crippen LogP contribution in [-0.2, 0) is 9.63 Å². The second-order valence-corrected chi connectivity index (χ2v) is 9.25. The van der Waals surface area contributed by atoms with Gasteiger partial charge in [-0.25, -0.2) is 14.8 Å². The fourth-order valence-electron chi connectivity index (χ4n) is 4.94. The Bertz CT molecular complexity index is 1500. The van der Waals surface area contributed by atoms with Crippen LogP contribution in [0.3, 0.4) is 0 Å². The van der Waals surface area contributed by atoms with Gasteiger partial charge in [0.1, 0.15) is 17.3 Å². The molecule has 1 aliphatic heterocycles. The Kier molecular flexibility index (Phi) is 5.77. The predicted octanol–water partition coefficient (Wildman–Crippen LogP) is 5.30. The molecular formula is C28H24ClN5O2. The minimum atomic E-state index is -0.379. The highest BCUT2D eigenvalue weighted by atomic mass is 35.5. The number of hydrogen-bond donors (Lipinski definition) is 0. The lowest BCUT2D eigenvalue weighted by molar-refractivity contribution is -0.143. The lowest BCUT2D eigenvalue weighted by Crippen LogP contribution is -2.47. The number of piperazine rings is 1. The van der Waals surface area contributed by atoms with Gasteiger partial charge in [0.05, 0.1) is 11.1 Å². The van der Waals surface area contributed by atoms with Crippen molar-refractivity contribution in [3.63, 3.8) is 0 Å². The number of rotatable bonds is 4. The maximum absolute atomic E-state index is 12.0. The van der Waals surface area contributed by atoms with E-state index in [0.29, 0.717) is 10.7 Å². The maximum Gasteiger partial charge on any atom is 0.334 e. The molecular weight excluding hydrogens is 474 g/mol. The van der Waals surface area contributed by atoms with Crippen LogP contribution in [-0.4, -0.2) is 47.8 Å². The topological polar surface area (TPSA) is 70.9 Å². The van der Waals surface area contributed by atoms with Gasteiger partial charge in [-0.2, -0.15) is 0 Å². The number of oxime groups is 1. The molecule has 0 amide bonds. The molecule has 8 heteroatoms. The Labute approximate surface area is 214 Å². The molecule has 0 N–H and O–H groups in total. The number of anilines is 2. The molecule has 36 heavy (non-hydrogen) atoms. The van der Waals surface area contributed by atoms with Gasteiger partial charge in [-0.15, -0.1) is 0 Å². The van der Waals surface area contributed by atoms with Crippen LogP contribution in [0.5, 0.6) is 0 Å². The van der Waals surface area contributed by atoms with Crippen LogP contribution in [0.2, 0.25) is 5.02 Å². The zero-order chi connectivity index (χ0) is 24.6. The number of carbonyl (C=O) groups excluding carboxylic acids is 1. The van der Waals surface area contributed by atoms with Gasteiger partial charge in [-0.3, -0.25) is 0 Å². The van der Waals surface area contributed by atoms with Crippen LogP contribution < -0.4 is 9.80 Å². The first-order chi connectivity index (χ1) is 17.6. The van der Waals surface area contributed by atoms with Crippen molar-refractivity contribution in [1.29, 1.82) is 0 Å². The minimum absolute atomic E-state index is 0.249. The Morgan fingerprint density at radius 3 is 2.47 bits per heavy atom. The molecule has 2 aromatic carbocycles. The maximum atomic E-state index is 12.0. The molecule has 0 spiro atoms. The minimum Gasteiger partial charge on any atom is -0.353 e. The predicted molar refractivity (Wildman–Crippen MR) is 143 cm³/mol. The molecule has 4 aromatic rings. The van der Waals surface area contributed by atoms with Gasteiger partial charge in [-0.05, 0) is 35.9 Å². The number of fused-ring (bicyclic) bond motifs is 5. The normalized spacial score (nSPS) is 15.8. The zero-order valence-electron chi connectivity index (χ0n) is 19.8. The van der Waals surface area contributed by atoms with Gasteiger partial charge >= 0.3 is 5.97 Å². The molecule has 1 aliphatic carbocycles. The van der Waals surface area contributed by atoms with E-state index in [1.807, 2.05) is 60.8 Å². The summed E-state index contributed by atoms with van der Waals surface area (Å²) in [6, 6.07) is 19.8. The van der Waals surface area contributed by atoms with Crippen LogP contribution in [0.4, 0.5) is 11.6 Å². The van der Waals surface area contributed by atoms with Gasteiger partial charge < -0.3 is 14.6 Å². The third-order valence-electron chi connectivity index (χ3n) is 6.70. The second-order valence-electron chi connectivity index (χ2n) is 8.81. The van der Waals surface area contributed by atoms with Crippen LogP contribution in [0.1, 0.15) is 24.5 Å². The number of hydrogen-bond acceptors (Lipinski definition) is 7. The summed E-state index contributed by atoms with van der Waals surface area (Å²) in [5.74, 6) is 1.43. The van der Waals surface area contributed by atoms with Gasteiger partial charge in [0.15, 0.2) is 0 Å². The lowest BCUT2D eigenvalue weighted by atomic mass is 10.0. The largest absolute Gasteiger partial charge is 0.353 e. The van der Waals surface area contributed by atoms with Gasteiger partial charge in [0.2, 0.25) is 0 Å². The summed E-state index contributed by atoms with van der Waals surface area (Å²) >= 11 is 6.42. The number of pyridine rings is 2. The first-order valence-electron chi connectivity index (χ1n) is 12.1. The Hall–Kier alpha value is -3.97. The van der Waals surface area contributed by atoms with Gasteiger partial charge in [0, 0.05) is 60.3 Å². The number of nitrogens with zero attached hydrogens (tertiary/aromatic N) is 5. The van der Waals surface area contributed by atoms with Crippen molar-refractivity contribution in [3.05, 3.63) is 83.0 Å². The molecule has 0 bridgehead atoms. The Balaban J connectivity index is 1.49. The standard InChI is InChI=1S/C28H24ClN5O2/c1-2-24(35)36-32-27-20-8-4-3-7-19(20)25-21-17-18(29)10-11-22(21)31-28(26(25)27)34-15-13-33(14-16-34)23-9-5-6-12-30-23/h3-12,17H,2,13-16H2,1H3/b32-27+. The highest BCUT2D eigenvalue weighted by Crippen LogP contribution is 2.45. The smallest absolute Gasteiger partial charge is 0.334 e. The summed E-state index contributed by atoms with van der Waals surface area (Å²) in [6.45, 7) is 4.93. The van der Waals surface area contributed by atoms with Crippen LogP contribution in [0.25, 0.3) is 22.0 Å². The average Bonchev–Trinajstić information content (AvgIpc) is 3.26. The Morgan fingerprint density at radius 2 is 1.72 bits per heavy atom. The summed E-state index contributed by atoms with van der Waals surface area (Å²) in [4.78, 5) is 31.5. The van der Waals surface area contributed by atoms with E-state index >= 15 is 0 Å². The van der Waals surface area contributed by atoms with Gasteiger partial charge in [-0.1, -0.05) is 54.0 Å². The SMILES string of the molecule is CCC(=O)O/N=C1\c2ccccc2-c2c1c(N1CCN(c3ccccn3)CC1)nc1ccc(Cl)cc21. The summed E-state index contributed by atoms with van der Waals surface area (Å²) in [5, 5.41) is 5.96. The third kappa shape index (κ3) is 3.85. The monoisotopic (exact) mass is 497 g/mol. The summed E-state index contributed by atoms with van der Waals surface area (Å²) in [5.41, 5.74) is 5.33. The highest BCUT2D eigenvalue weighted by Gasteiger charge is 2.34. The average molecular weight is 498 g/mol. The summed E-state index contributed by atoms with van der Waals surface area (Å²) < 4.78 is 0. The molecule has 0 radical (unpaired) electrons. The van der Waals surface area contributed by atoms with Gasteiger partial charge in [0.25, 0.3) is 0 Å². The van der Waals surface area contributed by atoms with Crippen molar-refractivity contribution in [1.82, 2.24) is 9.97 Å². The molecule has 0 atom stereocenters. The lowest BCUT2D eigenvalue weighted by Gasteiger charge is -2.37. The number of benzene rings is 2. The number of halogens is 1. The van der Waals surface area contributed by atoms with E-state index in [1.165, 1.54) is 0 Å². The molecule has 6 rings (SSSR count).